The van der Waals surface area contributed by atoms with Gasteiger partial charge in [0.15, 0.2) is 11.4 Å². The van der Waals surface area contributed by atoms with Crippen LogP contribution in [0, 0.1) is 6.92 Å². The average molecular weight is 487 g/mol. The molecule has 0 unspecified atom stereocenters. The summed E-state index contributed by atoms with van der Waals surface area (Å²) in [6.45, 7) is 1.92. The van der Waals surface area contributed by atoms with Crippen LogP contribution in [0.1, 0.15) is 27.4 Å². The lowest BCUT2D eigenvalue weighted by atomic mass is 9.95. The van der Waals surface area contributed by atoms with Crippen molar-refractivity contribution in [3.05, 3.63) is 65.1 Å². The first-order valence-corrected chi connectivity index (χ1v) is 11.1. The number of amides is 4. The highest BCUT2D eigenvalue weighted by Crippen LogP contribution is 2.37. The summed E-state index contributed by atoms with van der Waals surface area (Å²) < 4.78 is 16.5. The lowest BCUT2D eigenvalue weighted by Crippen LogP contribution is -2.52. The van der Waals surface area contributed by atoms with Crippen molar-refractivity contribution in [1.82, 2.24) is 20.7 Å². The molecule has 36 heavy (non-hydrogen) atoms. The Bertz CT molecular complexity index is 1570. The number of furan rings is 1. The van der Waals surface area contributed by atoms with E-state index < -0.39 is 17.5 Å². The molecule has 2 aliphatic heterocycles. The van der Waals surface area contributed by atoms with Crippen LogP contribution in [-0.2, 0) is 16.9 Å². The molecule has 1 fully saturated rings. The predicted molar refractivity (Wildman–Crippen MR) is 127 cm³/mol. The Morgan fingerprint density at radius 2 is 2.00 bits per heavy atom. The Kier molecular flexibility index (Phi) is 4.59. The summed E-state index contributed by atoms with van der Waals surface area (Å²) in [6, 6.07) is 11.6. The number of ether oxygens (including phenoxy) is 1. The lowest BCUT2D eigenvalue weighted by Gasteiger charge is -2.29. The number of methoxy groups -OCH3 is 1. The molecule has 1 atom stereocenters. The second-order valence-corrected chi connectivity index (χ2v) is 8.86. The highest BCUT2D eigenvalue weighted by atomic mass is 16.5. The number of nitrogen functional groups attached to an aromatic ring is 1. The molecular weight excluding hydrogens is 466 g/mol. The van der Waals surface area contributed by atoms with Crippen LogP contribution in [0.5, 0.6) is 5.75 Å². The number of carbonyl (C=O) groups is 3. The van der Waals surface area contributed by atoms with Crippen LogP contribution in [0.4, 0.5) is 10.6 Å². The van der Waals surface area contributed by atoms with Gasteiger partial charge in [0.2, 0.25) is 0 Å². The molecule has 1 saturated heterocycles. The summed E-state index contributed by atoms with van der Waals surface area (Å²) in [5.41, 5.74) is 7.57. The number of nitrogens with one attached hydrogen (secondary N) is 2. The van der Waals surface area contributed by atoms with E-state index in [1.807, 2.05) is 12.1 Å². The number of nitrogens with two attached hydrogens (primary N) is 1. The van der Waals surface area contributed by atoms with E-state index in [2.05, 4.69) is 15.8 Å². The number of imide groups is 1. The van der Waals surface area contributed by atoms with Gasteiger partial charge in [-0.15, -0.1) is 0 Å². The highest BCUT2D eigenvalue weighted by Gasteiger charge is 2.53. The number of aryl methyl sites for hydroxylation is 1. The molecule has 4 N–H and O–H groups in total. The highest BCUT2D eigenvalue weighted by molar-refractivity contribution is 6.08. The van der Waals surface area contributed by atoms with Crippen molar-refractivity contribution in [3.8, 4) is 16.9 Å². The lowest BCUT2D eigenvalue weighted by molar-refractivity contribution is -0.125. The molecule has 2 aliphatic rings. The molecule has 0 aliphatic carbocycles. The summed E-state index contributed by atoms with van der Waals surface area (Å²) in [7, 11) is 1.53. The van der Waals surface area contributed by atoms with E-state index in [9.17, 15) is 14.4 Å². The molecule has 0 spiro atoms. The molecule has 4 amide bonds. The van der Waals surface area contributed by atoms with Gasteiger partial charge >= 0.3 is 6.03 Å². The fraction of sp³-hybridized carbons (Fsp3) is 0.200. The van der Waals surface area contributed by atoms with Gasteiger partial charge in [0.25, 0.3) is 11.8 Å². The number of hydrogen-bond acceptors (Lipinski definition) is 8. The summed E-state index contributed by atoms with van der Waals surface area (Å²) in [4.78, 5) is 40.1. The third kappa shape index (κ3) is 3.13. The number of anilines is 1. The maximum atomic E-state index is 13.2. The smallest absolute Gasteiger partial charge is 0.322 e. The monoisotopic (exact) mass is 487 g/mol. The zero-order chi connectivity index (χ0) is 25.2. The molecule has 0 saturated carbocycles. The number of carbonyl (C=O) groups excluding carboxylic acids is 3. The summed E-state index contributed by atoms with van der Waals surface area (Å²) in [5.74, 6) is 0.717. The van der Waals surface area contributed by atoms with Crippen molar-refractivity contribution in [2.24, 2.45) is 0 Å². The fourth-order valence-electron chi connectivity index (χ4n) is 4.89. The molecule has 182 valence electrons. The molecule has 6 rings (SSSR count). The number of aromatic nitrogens is 1. The first-order chi connectivity index (χ1) is 17.3. The number of benzene rings is 2. The van der Waals surface area contributed by atoms with Crippen LogP contribution in [0.25, 0.3) is 22.1 Å². The first kappa shape index (κ1) is 21.7. The number of urea groups is 1. The SMILES string of the molecule is COc1ccc2c(c1)C(=O)N(C[C@@]1(c3cc4cc(-c5c(N)noc5C)ccc4o3)NC(=O)NC1=O)C2. The third-order valence-corrected chi connectivity index (χ3v) is 6.68. The van der Waals surface area contributed by atoms with Gasteiger partial charge in [-0.05, 0) is 48.4 Å². The largest absolute Gasteiger partial charge is 0.497 e. The van der Waals surface area contributed by atoms with E-state index in [1.165, 1.54) is 12.0 Å². The van der Waals surface area contributed by atoms with Gasteiger partial charge in [0.1, 0.15) is 22.9 Å². The van der Waals surface area contributed by atoms with Crippen molar-refractivity contribution in [2.75, 3.05) is 19.4 Å². The fourth-order valence-corrected chi connectivity index (χ4v) is 4.89. The summed E-state index contributed by atoms with van der Waals surface area (Å²) in [6.07, 6.45) is 0. The molecule has 11 nitrogen and oxygen atoms in total. The number of rotatable bonds is 5. The second-order valence-electron chi connectivity index (χ2n) is 8.86. The van der Waals surface area contributed by atoms with E-state index in [-0.39, 0.29) is 30.6 Å². The minimum atomic E-state index is -1.61. The maximum Gasteiger partial charge on any atom is 0.322 e. The van der Waals surface area contributed by atoms with Gasteiger partial charge < -0.3 is 29.6 Å². The predicted octanol–water partition coefficient (Wildman–Crippen LogP) is 2.68. The van der Waals surface area contributed by atoms with Crippen molar-refractivity contribution in [1.29, 1.82) is 0 Å². The first-order valence-electron chi connectivity index (χ1n) is 11.1. The number of hydrogen-bond donors (Lipinski definition) is 3. The van der Waals surface area contributed by atoms with Gasteiger partial charge in [-0.3, -0.25) is 14.9 Å². The molecule has 2 aromatic carbocycles. The zero-order valence-corrected chi connectivity index (χ0v) is 19.4. The molecule has 0 radical (unpaired) electrons. The molecule has 4 aromatic rings. The van der Waals surface area contributed by atoms with Crippen molar-refractivity contribution in [3.63, 3.8) is 0 Å². The minimum absolute atomic E-state index is 0.120. The maximum absolute atomic E-state index is 13.2. The number of fused-ring (bicyclic) bond motifs is 2. The standard InChI is InChI=1S/C25H21N5O6/c1-12-20(21(26)29-36-12)13-4-6-18-15(7-13)8-19(35-18)25(23(32)27-24(33)28-25)11-30-10-14-3-5-16(34-2)9-17(14)22(30)31/h3-9H,10-11H2,1-2H3,(H2,26,29)(H2,27,28,32,33)/t25-/m0/s1. The van der Waals surface area contributed by atoms with Gasteiger partial charge in [0, 0.05) is 17.5 Å². The Morgan fingerprint density at radius 1 is 1.17 bits per heavy atom. The molecule has 0 bridgehead atoms. The van der Waals surface area contributed by atoms with Crippen molar-refractivity contribution < 1.29 is 28.1 Å². The Labute approximate surface area is 204 Å². The van der Waals surface area contributed by atoms with Crippen LogP contribution in [0.15, 0.2) is 51.4 Å². The van der Waals surface area contributed by atoms with Crippen LogP contribution in [0.2, 0.25) is 0 Å². The molecule has 11 heteroatoms. The van der Waals surface area contributed by atoms with Gasteiger partial charge in [0.05, 0.1) is 19.2 Å². The van der Waals surface area contributed by atoms with Gasteiger partial charge in [-0.25, -0.2) is 4.79 Å². The van der Waals surface area contributed by atoms with Crippen molar-refractivity contribution in [2.45, 2.75) is 19.0 Å². The third-order valence-electron chi connectivity index (χ3n) is 6.68. The molecular formula is C25H21N5O6. The van der Waals surface area contributed by atoms with Gasteiger partial charge in [-0.1, -0.05) is 17.3 Å². The molecule has 2 aromatic heterocycles. The Balaban J connectivity index is 1.40. The van der Waals surface area contributed by atoms with E-state index in [4.69, 9.17) is 19.4 Å². The molecule has 4 heterocycles. The topological polar surface area (TPSA) is 153 Å². The Morgan fingerprint density at radius 3 is 2.69 bits per heavy atom. The Hall–Kier alpha value is -4.80. The second kappa shape index (κ2) is 7.60. The summed E-state index contributed by atoms with van der Waals surface area (Å²) in [5, 5.41) is 9.45. The average Bonchev–Trinajstić information content (AvgIpc) is 3.59. The van der Waals surface area contributed by atoms with E-state index >= 15 is 0 Å². The van der Waals surface area contributed by atoms with E-state index in [1.54, 1.807) is 37.3 Å². The van der Waals surface area contributed by atoms with Crippen LogP contribution < -0.4 is 21.1 Å². The quantitative estimate of drug-likeness (QED) is 0.363. The van der Waals surface area contributed by atoms with Gasteiger partial charge in [-0.2, -0.15) is 0 Å². The van der Waals surface area contributed by atoms with Crippen LogP contribution >= 0.6 is 0 Å². The summed E-state index contributed by atoms with van der Waals surface area (Å²) >= 11 is 0. The van der Waals surface area contributed by atoms with E-state index in [0.29, 0.717) is 33.6 Å². The minimum Gasteiger partial charge on any atom is -0.497 e. The van der Waals surface area contributed by atoms with Crippen molar-refractivity contribution >= 4 is 34.6 Å². The van der Waals surface area contributed by atoms with Crippen LogP contribution in [-0.4, -0.2) is 41.6 Å². The zero-order valence-electron chi connectivity index (χ0n) is 19.4. The number of nitrogens with zero attached hydrogens (tertiary/aromatic N) is 2. The normalized spacial score (nSPS) is 19.1. The van der Waals surface area contributed by atoms with Crippen LogP contribution in [0.3, 0.4) is 0 Å². The van der Waals surface area contributed by atoms with E-state index in [0.717, 1.165) is 11.1 Å².